The van der Waals surface area contributed by atoms with E-state index in [9.17, 15) is 32.7 Å². The predicted octanol–water partition coefficient (Wildman–Crippen LogP) is 5.47. The molecular weight excluding hydrogens is 527 g/mol. The van der Waals surface area contributed by atoms with E-state index < -0.39 is 42.1 Å². The number of Topliss-reactive ketones (excluding diaryl/α,β-unsaturated/α-hetero) is 1. The highest BCUT2D eigenvalue weighted by molar-refractivity contribution is 6.51. The molecule has 0 bridgehead atoms. The molecule has 1 aromatic heterocycles. The standard InChI is InChI=1S/C29H26F3N3O5/c30-29(31,32)16-33-27(38)20-8-6-19(7-9-20)25(36)23-24(18-4-2-1-3-5-18)35(28(39)26(23)37)21-12-10-17(11-13-21)22-14-15-40-34-22/h6-15,18,24,36H,1-5,16H2,(H,33,38)/b25-23-. The van der Waals surface area contributed by atoms with Crippen molar-refractivity contribution < 1.29 is 37.2 Å². The van der Waals surface area contributed by atoms with E-state index in [0.717, 1.165) is 37.7 Å². The number of ketones is 1. The first kappa shape index (κ1) is 27.2. The molecule has 1 aliphatic heterocycles. The molecule has 0 spiro atoms. The van der Waals surface area contributed by atoms with Gasteiger partial charge in [-0.1, -0.05) is 48.7 Å². The molecule has 2 aromatic carbocycles. The van der Waals surface area contributed by atoms with Crippen LogP contribution in [0.25, 0.3) is 17.0 Å². The van der Waals surface area contributed by atoms with Crippen molar-refractivity contribution in [3.05, 3.63) is 77.6 Å². The largest absolute Gasteiger partial charge is 0.507 e. The van der Waals surface area contributed by atoms with Gasteiger partial charge in [0.05, 0.1) is 11.6 Å². The Hall–Kier alpha value is -4.41. The number of aliphatic hydroxyl groups excluding tert-OH is 1. The summed E-state index contributed by atoms with van der Waals surface area (Å²) in [4.78, 5) is 40.3. The SMILES string of the molecule is O=C1C(=O)N(c2ccc(-c3ccon3)cc2)C(C2CCCCC2)/C1=C(/O)c1ccc(C(=O)NCC(F)(F)F)cc1. The average Bonchev–Trinajstić information content (AvgIpc) is 3.59. The Morgan fingerprint density at radius 3 is 2.23 bits per heavy atom. The van der Waals surface area contributed by atoms with Gasteiger partial charge in [0, 0.05) is 28.4 Å². The molecule has 2 N–H and O–H groups in total. The van der Waals surface area contributed by atoms with E-state index in [1.807, 2.05) is 0 Å². The fourth-order valence-electron chi connectivity index (χ4n) is 5.41. The highest BCUT2D eigenvalue weighted by atomic mass is 19.4. The van der Waals surface area contributed by atoms with E-state index in [4.69, 9.17) is 4.52 Å². The Bertz CT molecular complexity index is 1430. The molecule has 40 heavy (non-hydrogen) atoms. The molecule has 8 nitrogen and oxygen atoms in total. The smallest absolute Gasteiger partial charge is 0.405 e. The van der Waals surface area contributed by atoms with E-state index in [-0.39, 0.29) is 22.6 Å². The Morgan fingerprint density at radius 2 is 1.62 bits per heavy atom. The number of alkyl halides is 3. The zero-order valence-corrected chi connectivity index (χ0v) is 21.3. The molecule has 0 radical (unpaired) electrons. The topological polar surface area (TPSA) is 113 Å². The van der Waals surface area contributed by atoms with Crippen molar-refractivity contribution >= 4 is 29.0 Å². The average molecular weight is 554 g/mol. The van der Waals surface area contributed by atoms with E-state index in [1.165, 1.54) is 35.4 Å². The Morgan fingerprint density at radius 1 is 0.975 bits per heavy atom. The van der Waals surface area contributed by atoms with Gasteiger partial charge < -0.3 is 14.9 Å². The maximum Gasteiger partial charge on any atom is 0.405 e. The number of halogens is 3. The maximum atomic E-state index is 13.4. The molecule has 2 aliphatic rings. The Labute approximate surface area is 227 Å². The van der Waals surface area contributed by atoms with Crippen molar-refractivity contribution in [1.82, 2.24) is 10.5 Å². The summed E-state index contributed by atoms with van der Waals surface area (Å²) in [5.41, 5.74) is 1.99. The summed E-state index contributed by atoms with van der Waals surface area (Å²) in [5.74, 6) is -2.96. The molecule has 1 unspecified atom stereocenters. The van der Waals surface area contributed by atoms with Gasteiger partial charge in [-0.15, -0.1) is 0 Å². The van der Waals surface area contributed by atoms with E-state index >= 15 is 0 Å². The van der Waals surface area contributed by atoms with Gasteiger partial charge in [-0.05, 0) is 43.0 Å². The van der Waals surface area contributed by atoms with Crippen LogP contribution in [-0.2, 0) is 9.59 Å². The van der Waals surface area contributed by atoms with Gasteiger partial charge in [0.15, 0.2) is 0 Å². The van der Waals surface area contributed by atoms with E-state index in [2.05, 4.69) is 5.16 Å². The Balaban J connectivity index is 1.48. The molecule has 208 valence electrons. The number of anilines is 1. The normalized spacial score (nSPS) is 19.7. The van der Waals surface area contributed by atoms with E-state index in [0.29, 0.717) is 11.4 Å². The molecule has 2 fully saturated rings. The first-order chi connectivity index (χ1) is 19.1. The first-order valence-corrected chi connectivity index (χ1v) is 12.9. The third-order valence-electron chi connectivity index (χ3n) is 7.33. The molecule has 1 aliphatic carbocycles. The minimum atomic E-state index is -4.55. The van der Waals surface area contributed by atoms with Crippen LogP contribution in [0.3, 0.4) is 0 Å². The number of carbonyl (C=O) groups is 3. The lowest BCUT2D eigenvalue weighted by molar-refractivity contribution is -0.132. The van der Waals surface area contributed by atoms with Crippen LogP contribution < -0.4 is 10.2 Å². The number of amides is 2. The van der Waals surface area contributed by atoms with Crippen LogP contribution in [0.15, 0.2) is 71.0 Å². The van der Waals surface area contributed by atoms with Crippen molar-refractivity contribution in [3.63, 3.8) is 0 Å². The number of nitrogens with one attached hydrogen (secondary N) is 1. The van der Waals surface area contributed by atoms with Crippen molar-refractivity contribution in [1.29, 1.82) is 0 Å². The van der Waals surface area contributed by atoms with Gasteiger partial charge in [0.2, 0.25) is 0 Å². The number of rotatable bonds is 6. The van der Waals surface area contributed by atoms with Gasteiger partial charge in [0.25, 0.3) is 17.6 Å². The van der Waals surface area contributed by atoms with Crippen LogP contribution in [-0.4, -0.2) is 46.6 Å². The third-order valence-corrected chi connectivity index (χ3v) is 7.33. The minimum absolute atomic E-state index is 0.0215. The second kappa shape index (κ2) is 11.0. The summed E-state index contributed by atoms with van der Waals surface area (Å²) < 4.78 is 42.2. The van der Waals surface area contributed by atoms with Crippen LogP contribution in [0.1, 0.15) is 48.0 Å². The van der Waals surface area contributed by atoms with Crippen LogP contribution in [0.2, 0.25) is 0 Å². The number of hydrogen-bond acceptors (Lipinski definition) is 6. The number of benzene rings is 2. The summed E-state index contributed by atoms with van der Waals surface area (Å²) in [7, 11) is 0. The van der Waals surface area contributed by atoms with Crippen LogP contribution in [0, 0.1) is 5.92 Å². The molecule has 1 saturated carbocycles. The van der Waals surface area contributed by atoms with Crippen molar-refractivity contribution in [3.8, 4) is 11.3 Å². The number of hydrogen-bond donors (Lipinski definition) is 2. The van der Waals surface area contributed by atoms with Crippen molar-refractivity contribution in [2.45, 2.75) is 44.3 Å². The number of aliphatic hydroxyl groups is 1. The molecule has 1 atom stereocenters. The monoisotopic (exact) mass is 553 g/mol. The van der Waals surface area contributed by atoms with Crippen LogP contribution in [0.4, 0.5) is 18.9 Å². The summed E-state index contributed by atoms with van der Waals surface area (Å²) in [5, 5.41) is 17.0. The lowest BCUT2D eigenvalue weighted by atomic mass is 9.80. The van der Waals surface area contributed by atoms with E-state index in [1.54, 1.807) is 35.6 Å². The number of carbonyl (C=O) groups excluding carboxylic acids is 3. The lowest BCUT2D eigenvalue weighted by Gasteiger charge is -2.34. The number of nitrogens with zero attached hydrogens (tertiary/aromatic N) is 2. The molecule has 11 heteroatoms. The Kier molecular flexibility index (Phi) is 7.46. The highest BCUT2D eigenvalue weighted by Gasteiger charge is 2.49. The quantitative estimate of drug-likeness (QED) is 0.238. The molecule has 5 rings (SSSR count). The van der Waals surface area contributed by atoms with Gasteiger partial charge in [-0.3, -0.25) is 19.3 Å². The van der Waals surface area contributed by atoms with Crippen LogP contribution in [0.5, 0.6) is 0 Å². The fourth-order valence-corrected chi connectivity index (χ4v) is 5.41. The summed E-state index contributed by atoms with van der Waals surface area (Å²) in [6, 6.07) is 13.2. The summed E-state index contributed by atoms with van der Waals surface area (Å²) >= 11 is 0. The first-order valence-electron chi connectivity index (χ1n) is 12.9. The number of aromatic nitrogens is 1. The molecule has 2 heterocycles. The van der Waals surface area contributed by atoms with Gasteiger partial charge in [0.1, 0.15) is 24.3 Å². The zero-order chi connectivity index (χ0) is 28.4. The van der Waals surface area contributed by atoms with Crippen molar-refractivity contribution in [2.75, 3.05) is 11.4 Å². The second-order valence-electron chi connectivity index (χ2n) is 9.92. The summed E-state index contributed by atoms with van der Waals surface area (Å²) in [6.07, 6.45) is 1.34. The van der Waals surface area contributed by atoms with Gasteiger partial charge in [-0.2, -0.15) is 13.2 Å². The molecule has 2 amide bonds. The second-order valence-corrected chi connectivity index (χ2v) is 9.92. The molecule has 1 saturated heterocycles. The summed E-state index contributed by atoms with van der Waals surface area (Å²) in [6.45, 7) is -1.47. The fraction of sp³-hybridized carbons (Fsp3) is 0.310. The lowest BCUT2D eigenvalue weighted by Crippen LogP contribution is -2.40. The van der Waals surface area contributed by atoms with Crippen LogP contribution >= 0.6 is 0 Å². The third kappa shape index (κ3) is 5.49. The highest BCUT2D eigenvalue weighted by Crippen LogP contribution is 2.41. The predicted molar refractivity (Wildman–Crippen MR) is 139 cm³/mol. The molecule has 3 aromatic rings. The molecular formula is C29H26F3N3O5. The maximum absolute atomic E-state index is 13.4. The minimum Gasteiger partial charge on any atom is -0.507 e. The van der Waals surface area contributed by atoms with Gasteiger partial charge >= 0.3 is 6.18 Å². The zero-order valence-electron chi connectivity index (χ0n) is 21.3. The van der Waals surface area contributed by atoms with Crippen molar-refractivity contribution in [2.24, 2.45) is 5.92 Å². The van der Waals surface area contributed by atoms with Gasteiger partial charge in [-0.25, -0.2) is 0 Å².